The molecule has 27 heavy (non-hydrogen) atoms. The van der Waals surface area contributed by atoms with Crippen molar-refractivity contribution in [1.82, 2.24) is 4.90 Å². The van der Waals surface area contributed by atoms with E-state index in [-0.39, 0.29) is 13.2 Å². The zero-order valence-corrected chi connectivity index (χ0v) is 15.5. The molecule has 3 rings (SSSR count). The fourth-order valence-electron chi connectivity index (χ4n) is 4.53. The summed E-state index contributed by atoms with van der Waals surface area (Å²) < 4.78 is 5.20. The maximum atomic E-state index is 13.3. The standard InChI is InChI=1S/C21H24N2O4/c1-2-27-20(26)17-19(25)23(14-15-9-5-3-6-10-15)18(24)16(13-22)21(17)11-7-4-8-12-21/h3,5-6,9-10,16-17H,2,4,7-8,11-12,14H2,1H3. The van der Waals surface area contributed by atoms with E-state index >= 15 is 0 Å². The van der Waals surface area contributed by atoms with E-state index in [4.69, 9.17) is 4.74 Å². The Bertz CT molecular complexity index is 762. The third kappa shape index (κ3) is 3.34. The number of imide groups is 1. The average Bonchev–Trinajstić information content (AvgIpc) is 2.67. The van der Waals surface area contributed by atoms with Crippen LogP contribution in [0.15, 0.2) is 30.3 Å². The zero-order chi connectivity index (χ0) is 19.4. The normalized spacial score (nSPS) is 24.5. The second-order valence-corrected chi connectivity index (χ2v) is 7.29. The predicted octanol–water partition coefficient (Wildman–Crippen LogP) is 2.82. The van der Waals surface area contributed by atoms with E-state index in [1.54, 1.807) is 6.92 Å². The van der Waals surface area contributed by atoms with Gasteiger partial charge < -0.3 is 4.74 Å². The number of likely N-dealkylation sites (tertiary alicyclic amines) is 1. The van der Waals surface area contributed by atoms with Crippen LogP contribution in [-0.2, 0) is 25.7 Å². The van der Waals surface area contributed by atoms with Crippen molar-refractivity contribution < 1.29 is 19.1 Å². The SMILES string of the molecule is CCOC(=O)C1C(=O)N(Cc2ccccc2)C(=O)C(C#N)C12CCCCC2. The summed E-state index contributed by atoms with van der Waals surface area (Å²) in [7, 11) is 0. The quantitative estimate of drug-likeness (QED) is 0.463. The van der Waals surface area contributed by atoms with Gasteiger partial charge in [0.25, 0.3) is 0 Å². The molecule has 2 amide bonds. The molecule has 6 heteroatoms. The number of carbonyl (C=O) groups excluding carboxylic acids is 3. The van der Waals surface area contributed by atoms with Gasteiger partial charge in [0.2, 0.25) is 11.8 Å². The first-order valence-electron chi connectivity index (χ1n) is 9.50. The van der Waals surface area contributed by atoms with Gasteiger partial charge in [0, 0.05) is 5.41 Å². The van der Waals surface area contributed by atoms with E-state index in [9.17, 15) is 19.6 Å². The third-order valence-electron chi connectivity index (χ3n) is 5.80. The first kappa shape index (κ1) is 19.1. The molecule has 6 nitrogen and oxygen atoms in total. The summed E-state index contributed by atoms with van der Waals surface area (Å²) in [5.74, 6) is -3.74. The number of benzene rings is 1. The van der Waals surface area contributed by atoms with Crippen LogP contribution in [0, 0.1) is 28.6 Å². The minimum absolute atomic E-state index is 0.0582. The van der Waals surface area contributed by atoms with Gasteiger partial charge >= 0.3 is 5.97 Å². The molecule has 2 fully saturated rings. The Hall–Kier alpha value is -2.68. The number of ether oxygens (including phenoxy) is 1. The summed E-state index contributed by atoms with van der Waals surface area (Å²) in [6, 6.07) is 11.2. The molecule has 0 radical (unpaired) electrons. The van der Waals surface area contributed by atoms with Crippen LogP contribution in [0.3, 0.4) is 0 Å². The summed E-state index contributed by atoms with van der Waals surface area (Å²) in [5.41, 5.74) is -0.168. The minimum atomic E-state index is -1.09. The van der Waals surface area contributed by atoms with Crippen molar-refractivity contribution in [3.8, 4) is 6.07 Å². The van der Waals surface area contributed by atoms with Crippen molar-refractivity contribution in [3.05, 3.63) is 35.9 Å². The van der Waals surface area contributed by atoms with Crippen molar-refractivity contribution >= 4 is 17.8 Å². The molecule has 1 saturated carbocycles. The Morgan fingerprint density at radius 2 is 1.85 bits per heavy atom. The van der Waals surface area contributed by atoms with Gasteiger partial charge in [-0.15, -0.1) is 0 Å². The summed E-state index contributed by atoms with van der Waals surface area (Å²) in [6.07, 6.45) is 3.61. The Morgan fingerprint density at radius 1 is 1.19 bits per heavy atom. The van der Waals surface area contributed by atoms with E-state index in [0.717, 1.165) is 29.7 Å². The number of nitriles is 1. The molecule has 1 heterocycles. The van der Waals surface area contributed by atoms with E-state index in [2.05, 4.69) is 6.07 Å². The molecule has 0 bridgehead atoms. The smallest absolute Gasteiger partial charge is 0.319 e. The maximum Gasteiger partial charge on any atom is 0.319 e. The highest BCUT2D eigenvalue weighted by Crippen LogP contribution is 2.52. The van der Waals surface area contributed by atoms with Gasteiger partial charge in [-0.05, 0) is 25.3 Å². The molecule has 142 valence electrons. The number of rotatable bonds is 4. The van der Waals surface area contributed by atoms with Gasteiger partial charge in [-0.3, -0.25) is 19.3 Å². The molecule has 1 aliphatic carbocycles. The monoisotopic (exact) mass is 368 g/mol. The molecule has 1 saturated heterocycles. The maximum absolute atomic E-state index is 13.3. The molecule has 0 aromatic heterocycles. The summed E-state index contributed by atoms with van der Waals surface area (Å²) in [5, 5.41) is 9.82. The number of hydrogen-bond acceptors (Lipinski definition) is 5. The second-order valence-electron chi connectivity index (χ2n) is 7.29. The lowest BCUT2D eigenvalue weighted by Gasteiger charge is -2.49. The van der Waals surface area contributed by atoms with Crippen LogP contribution in [0.2, 0.25) is 0 Å². The van der Waals surface area contributed by atoms with Crippen molar-refractivity contribution in [2.45, 2.75) is 45.6 Å². The fourth-order valence-corrected chi connectivity index (χ4v) is 4.53. The Morgan fingerprint density at radius 3 is 2.44 bits per heavy atom. The van der Waals surface area contributed by atoms with Crippen LogP contribution >= 0.6 is 0 Å². The summed E-state index contributed by atoms with van der Waals surface area (Å²) in [4.78, 5) is 40.2. The predicted molar refractivity (Wildman–Crippen MR) is 96.7 cm³/mol. The molecule has 1 aromatic carbocycles. The lowest BCUT2D eigenvalue weighted by Crippen LogP contribution is -2.62. The van der Waals surface area contributed by atoms with E-state index in [1.165, 1.54) is 0 Å². The molecule has 1 aliphatic heterocycles. The summed E-state index contributed by atoms with van der Waals surface area (Å²) in [6.45, 7) is 1.90. The Balaban J connectivity index is 2.02. The molecule has 1 spiro atoms. The number of nitrogens with zero attached hydrogens (tertiary/aromatic N) is 2. The van der Waals surface area contributed by atoms with Crippen molar-refractivity contribution in [1.29, 1.82) is 5.26 Å². The first-order chi connectivity index (χ1) is 13.0. The molecular weight excluding hydrogens is 344 g/mol. The highest BCUT2D eigenvalue weighted by atomic mass is 16.5. The van der Waals surface area contributed by atoms with Crippen LogP contribution in [0.4, 0.5) is 0 Å². The highest BCUT2D eigenvalue weighted by molar-refractivity contribution is 6.10. The fraction of sp³-hybridized carbons (Fsp3) is 0.524. The summed E-state index contributed by atoms with van der Waals surface area (Å²) >= 11 is 0. The van der Waals surface area contributed by atoms with E-state index in [0.29, 0.717) is 12.8 Å². The number of carbonyl (C=O) groups is 3. The Kier molecular flexibility index (Phi) is 5.59. The molecular formula is C21H24N2O4. The number of amides is 2. The Labute approximate surface area is 159 Å². The molecule has 1 aromatic rings. The number of esters is 1. The van der Waals surface area contributed by atoms with Crippen molar-refractivity contribution in [2.24, 2.45) is 17.3 Å². The van der Waals surface area contributed by atoms with Crippen molar-refractivity contribution in [2.75, 3.05) is 6.61 Å². The molecule has 2 atom stereocenters. The molecule has 0 N–H and O–H groups in total. The largest absolute Gasteiger partial charge is 0.465 e. The van der Waals surface area contributed by atoms with Crippen LogP contribution in [0.25, 0.3) is 0 Å². The molecule has 2 unspecified atom stereocenters. The average molecular weight is 368 g/mol. The number of piperidine rings is 1. The lowest BCUT2D eigenvalue weighted by molar-refractivity contribution is -0.178. The first-order valence-corrected chi connectivity index (χ1v) is 9.50. The third-order valence-corrected chi connectivity index (χ3v) is 5.80. The van der Waals surface area contributed by atoms with Gasteiger partial charge in [-0.25, -0.2) is 0 Å². The van der Waals surface area contributed by atoms with E-state index in [1.807, 2.05) is 30.3 Å². The minimum Gasteiger partial charge on any atom is -0.465 e. The van der Waals surface area contributed by atoms with Crippen LogP contribution in [0.5, 0.6) is 0 Å². The van der Waals surface area contributed by atoms with Crippen molar-refractivity contribution in [3.63, 3.8) is 0 Å². The van der Waals surface area contributed by atoms with E-state index < -0.39 is 35.0 Å². The molecule has 2 aliphatic rings. The van der Waals surface area contributed by atoms with Gasteiger partial charge in [-0.2, -0.15) is 5.26 Å². The zero-order valence-electron chi connectivity index (χ0n) is 15.5. The topological polar surface area (TPSA) is 87.5 Å². The van der Waals surface area contributed by atoms with Crippen LogP contribution in [-0.4, -0.2) is 29.3 Å². The van der Waals surface area contributed by atoms with Gasteiger partial charge in [0.15, 0.2) is 0 Å². The lowest BCUT2D eigenvalue weighted by atomic mass is 9.56. The number of hydrogen-bond donors (Lipinski definition) is 0. The second kappa shape index (κ2) is 7.91. The van der Waals surface area contributed by atoms with Gasteiger partial charge in [-0.1, -0.05) is 49.6 Å². The van der Waals surface area contributed by atoms with Crippen LogP contribution < -0.4 is 0 Å². The van der Waals surface area contributed by atoms with Crippen LogP contribution in [0.1, 0.15) is 44.6 Å². The highest BCUT2D eigenvalue weighted by Gasteiger charge is 2.61. The van der Waals surface area contributed by atoms with Gasteiger partial charge in [0.1, 0.15) is 11.8 Å². The van der Waals surface area contributed by atoms with Gasteiger partial charge in [0.05, 0.1) is 19.2 Å².